The highest BCUT2D eigenvalue weighted by Crippen LogP contribution is 2.39. The van der Waals surface area contributed by atoms with Crippen molar-refractivity contribution < 1.29 is 18.9 Å². The van der Waals surface area contributed by atoms with E-state index in [1.54, 1.807) is 0 Å². The SMILES string of the molecule is C[C@H]1O[C@H](OC2CCCN2)[C@H]2OC(C)(C)O[C@H]21. The van der Waals surface area contributed by atoms with Gasteiger partial charge in [0, 0.05) is 0 Å². The van der Waals surface area contributed by atoms with Gasteiger partial charge in [0.2, 0.25) is 0 Å². The second kappa shape index (κ2) is 4.17. The molecule has 5 atom stereocenters. The molecule has 0 aromatic carbocycles. The summed E-state index contributed by atoms with van der Waals surface area (Å²) in [5.74, 6) is -0.530. The van der Waals surface area contributed by atoms with Gasteiger partial charge in [-0.1, -0.05) is 0 Å². The number of hydrogen-bond donors (Lipinski definition) is 1. The Morgan fingerprint density at radius 2 is 2.00 bits per heavy atom. The number of rotatable bonds is 2. The summed E-state index contributed by atoms with van der Waals surface area (Å²) in [6.07, 6.45) is 1.87. The van der Waals surface area contributed by atoms with Gasteiger partial charge in [0.15, 0.2) is 12.1 Å². The van der Waals surface area contributed by atoms with E-state index in [4.69, 9.17) is 18.9 Å². The predicted octanol–water partition coefficient (Wildman–Crippen LogP) is 0.977. The summed E-state index contributed by atoms with van der Waals surface area (Å²) >= 11 is 0. The third kappa shape index (κ3) is 2.22. The molecule has 0 saturated carbocycles. The van der Waals surface area contributed by atoms with Gasteiger partial charge in [0.1, 0.15) is 18.4 Å². The highest BCUT2D eigenvalue weighted by molar-refractivity contribution is 4.93. The van der Waals surface area contributed by atoms with Gasteiger partial charge in [0.05, 0.1) is 6.10 Å². The van der Waals surface area contributed by atoms with Crippen LogP contribution in [0.5, 0.6) is 0 Å². The molecule has 17 heavy (non-hydrogen) atoms. The van der Waals surface area contributed by atoms with Crippen LogP contribution in [0.15, 0.2) is 0 Å². The lowest BCUT2D eigenvalue weighted by molar-refractivity contribution is -0.243. The average molecular weight is 243 g/mol. The highest BCUT2D eigenvalue weighted by Gasteiger charge is 2.54. The van der Waals surface area contributed by atoms with Crippen molar-refractivity contribution in [1.29, 1.82) is 0 Å². The van der Waals surface area contributed by atoms with Gasteiger partial charge in [-0.15, -0.1) is 0 Å². The zero-order valence-corrected chi connectivity index (χ0v) is 10.6. The Hall–Kier alpha value is -0.200. The van der Waals surface area contributed by atoms with Crippen molar-refractivity contribution in [2.75, 3.05) is 6.54 Å². The van der Waals surface area contributed by atoms with Crippen LogP contribution < -0.4 is 5.32 Å². The van der Waals surface area contributed by atoms with Crippen LogP contribution in [-0.2, 0) is 18.9 Å². The molecule has 3 heterocycles. The fraction of sp³-hybridized carbons (Fsp3) is 1.00. The monoisotopic (exact) mass is 243 g/mol. The molecule has 3 saturated heterocycles. The number of ether oxygens (including phenoxy) is 4. The molecule has 0 aromatic rings. The van der Waals surface area contributed by atoms with Gasteiger partial charge in [0.25, 0.3) is 0 Å². The quantitative estimate of drug-likeness (QED) is 0.783. The Balaban J connectivity index is 1.65. The van der Waals surface area contributed by atoms with Crippen molar-refractivity contribution in [2.45, 2.75) is 70.2 Å². The van der Waals surface area contributed by atoms with Crippen molar-refractivity contribution in [3.63, 3.8) is 0 Å². The van der Waals surface area contributed by atoms with Gasteiger partial charge < -0.3 is 18.9 Å². The molecule has 0 amide bonds. The Morgan fingerprint density at radius 3 is 2.71 bits per heavy atom. The van der Waals surface area contributed by atoms with Crippen molar-refractivity contribution in [2.24, 2.45) is 0 Å². The van der Waals surface area contributed by atoms with Crippen molar-refractivity contribution in [3.05, 3.63) is 0 Å². The van der Waals surface area contributed by atoms with Crippen LogP contribution >= 0.6 is 0 Å². The lowest BCUT2D eigenvalue weighted by atomic mass is 10.2. The molecule has 3 rings (SSSR count). The van der Waals surface area contributed by atoms with Gasteiger partial charge in [-0.3, -0.25) is 5.32 Å². The molecule has 5 nitrogen and oxygen atoms in total. The van der Waals surface area contributed by atoms with Gasteiger partial charge in [-0.05, 0) is 40.2 Å². The Kier molecular flexibility index (Phi) is 2.91. The van der Waals surface area contributed by atoms with Crippen molar-refractivity contribution in [3.8, 4) is 0 Å². The first-order chi connectivity index (χ1) is 8.05. The minimum Gasteiger partial charge on any atom is -0.344 e. The number of hydrogen-bond acceptors (Lipinski definition) is 5. The zero-order valence-electron chi connectivity index (χ0n) is 10.6. The zero-order chi connectivity index (χ0) is 12.0. The Morgan fingerprint density at radius 1 is 1.24 bits per heavy atom. The topological polar surface area (TPSA) is 49.0 Å². The second-order valence-electron chi connectivity index (χ2n) is 5.50. The molecule has 0 aliphatic carbocycles. The maximum absolute atomic E-state index is 5.91. The summed E-state index contributed by atoms with van der Waals surface area (Å²) < 4.78 is 23.4. The van der Waals surface area contributed by atoms with Gasteiger partial charge in [-0.25, -0.2) is 0 Å². The number of fused-ring (bicyclic) bond motifs is 1. The summed E-state index contributed by atoms with van der Waals surface area (Å²) in [6.45, 7) is 6.89. The lowest BCUT2D eigenvalue weighted by Crippen LogP contribution is -2.37. The molecule has 3 aliphatic rings. The van der Waals surface area contributed by atoms with Crippen molar-refractivity contribution >= 4 is 0 Å². The first-order valence-corrected chi connectivity index (χ1v) is 6.45. The fourth-order valence-corrected chi connectivity index (χ4v) is 2.80. The third-order valence-corrected chi connectivity index (χ3v) is 3.56. The minimum atomic E-state index is -0.530. The fourth-order valence-electron chi connectivity index (χ4n) is 2.80. The molecule has 0 radical (unpaired) electrons. The summed E-state index contributed by atoms with van der Waals surface area (Å²) in [6, 6.07) is 0. The van der Waals surface area contributed by atoms with E-state index in [0.717, 1.165) is 19.4 Å². The van der Waals surface area contributed by atoms with Crippen LogP contribution in [0.2, 0.25) is 0 Å². The molecular weight excluding hydrogens is 222 g/mol. The maximum Gasteiger partial charge on any atom is 0.188 e. The maximum atomic E-state index is 5.91. The summed E-state index contributed by atoms with van der Waals surface area (Å²) in [4.78, 5) is 0. The van der Waals surface area contributed by atoms with Crippen LogP contribution in [-0.4, -0.2) is 43.2 Å². The van der Waals surface area contributed by atoms with Gasteiger partial charge >= 0.3 is 0 Å². The molecular formula is C12H21NO4. The van der Waals surface area contributed by atoms with E-state index >= 15 is 0 Å². The molecule has 1 unspecified atom stereocenters. The van der Waals surface area contributed by atoms with E-state index < -0.39 is 5.79 Å². The van der Waals surface area contributed by atoms with E-state index in [2.05, 4.69) is 5.32 Å². The first kappa shape index (κ1) is 11.9. The van der Waals surface area contributed by atoms with Gasteiger partial charge in [-0.2, -0.15) is 0 Å². The highest BCUT2D eigenvalue weighted by atomic mass is 16.8. The van der Waals surface area contributed by atoms with Crippen LogP contribution in [0.3, 0.4) is 0 Å². The lowest BCUT2D eigenvalue weighted by Gasteiger charge is -2.25. The van der Waals surface area contributed by atoms with Crippen LogP contribution in [0, 0.1) is 0 Å². The van der Waals surface area contributed by atoms with E-state index in [1.807, 2.05) is 20.8 Å². The summed E-state index contributed by atoms with van der Waals surface area (Å²) in [5.41, 5.74) is 0. The largest absolute Gasteiger partial charge is 0.344 e. The molecule has 1 N–H and O–H groups in total. The standard InChI is InChI=1S/C12H21NO4/c1-7-9-10(17-12(2,3)16-9)11(14-7)15-8-5-4-6-13-8/h7-11,13H,4-6H2,1-3H3/t7-,8?,9+,10+,11-/m1/s1. The Bertz CT molecular complexity index is 290. The molecule has 3 fully saturated rings. The van der Waals surface area contributed by atoms with Crippen LogP contribution in [0.25, 0.3) is 0 Å². The van der Waals surface area contributed by atoms with E-state index in [9.17, 15) is 0 Å². The molecule has 0 bridgehead atoms. The summed E-state index contributed by atoms with van der Waals surface area (Å²) in [7, 11) is 0. The first-order valence-electron chi connectivity index (χ1n) is 6.45. The molecule has 0 spiro atoms. The van der Waals surface area contributed by atoms with Crippen LogP contribution in [0.1, 0.15) is 33.6 Å². The van der Waals surface area contributed by atoms with E-state index in [1.165, 1.54) is 0 Å². The Labute approximate surface area is 102 Å². The molecule has 98 valence electrons. The third-order valence-electron chi connectivity index (χ3n) is 3.56. The minimum absolute atomic E-state index is 0.0172. The predicted molar refractivity (Wildman–Crippen MR) is 60.3 cm³/mol. The molecule has 3 aliphatic heterocycles. The van der Waals surface area contributed by atoms with E-state index in [0.29, 0.717) is 0 Å². The average Bonchev–Trinajstić information content (AvgIpc) is 2.88. The summed E-state index contributed by atoms with van der Waals surface area (Å²) in [5, 5.41) is 3.30. The second-order valence-corrected chi connectivity index (χ2v) is 5.50. The van der Waals surface area contributed by atoms with Crippen molar-refractivity contribution in [1.82, 2.24) is 5.32 Å². The van der Waals surface area contributed by atoms with Crippen LogP contribution in [0.4, 0.5) is 0 Å². The van der Waals surface area contributed by atoms with E-state index in [-0.39, 0.29) is 30.8 Å². The normalized spacial score (nSPS) is 48.5. The molecule has 5 heteroatoms. The smallest absolute Gasteiger partial charge is 0.188 e. The molecule has 0 aromatic heterocycles. The number of nitrogens with one attached hydrogen (secondary N) is 1.